The van der Waals surface area contributed by atoms with Crippen LogP contribution >= 0.6 is 0 Å². The van der Waals surface area contributed by atoms with Gasteiger partial charge in [-0.05, 0) is 25.7 Å². The first-order valence-corrected chi connectivity index (χ1v) is 6.31. The van der Waals surface area contributed by atoms with Crippen LogP contribution in [0, 0.1) is 0 Å². The highest BCUT2D eigenvalue weighted by atomic mass is 16.5. The minimum absolute atomic E-state index is 0.516. The van der Waals surface area contributed by atoms with Gasteiger partial charge < -0.3 is 15.4 Å². The van der Waals surface area contributed by atoms with Crippen LogP contribution in [0.3, 0.4) is 0 Å². The summed E-state index contributed by atoms with van der Waals surface area (Å²) in [5.74, 6) is 1.34. The van der Waals surface area contributed by atoms with E-state index in [4.69, 9.17) is 10.5 Å². The molecule has 1 aromatic heterocycles. The topological polar surface area (TPSA) is 64.3 Å². The van der Waals surface area contributed by atoms with E-state index in [9.17, 15) is 0 Å². The first-order valence-electron chi connectivity index (χ1n) is 6.31. The van der Waals surface area contributed by atoms with E-state index < -0.39 is 0 Å². The van der Waals surface area contributed by atoms with Gasteiger partial charge in [0.1, 0.15) is 12.0 Å². The maximum Gasteiger partial charge on any atom is 0.242 e. The van der Waals surface area contributed by atoms with Gasteiger partial charge in [-0.15, -0.1) is 0 Å². The summed E-state index contributed by atoms with van der Waals surface area (Å²) in [5, 5.41) is 0. The van der Waals surface area contributed by atoms with Crippen molar-refractivity contribution in [2.45, 2.75) is 32.6 Å². The lowest BCUT2D eigenvalue weighted by Crippen LogP contribution is -2.31. The van der Waals surface area contributed by atoms with Crippen molar-refractivity contribution < 1.29 is 4.74 Å². The van der Waals surface area contributed by atoms with Gasteiger partial charge in [0.25, 0.3) is 0 Å². The Hall–Kier alpha value is -1.52. The van der Waals surface area contributed by atoms with E-state index in [0.29, 0.717) is 18.2 Å². The quantitative estimate of drug-likeness (QED) is 0.864. The van der Waals surface area contributed by atoms with Crippen molar-refractivity contribution in [3.8, 4) is 5.88 Å². The van der Waals surface area contributed by atoms with Gasteiger partial charge in [-0.1, -0.05) is 6.92 Å². The molecule has 1 aliphatic rings. The van der Waals surface area contributed by atoms with Crippen molar-refractivity contribution in [2.75, 3.05) is 30.3 Å². The van der Waals surface area contributed by atoms with Crippen molar-refractivity contribution in [3.63, 3.8) is 0 Å². The monoisotopic (exact) mass is 236 g/mol. The summed E-state index contributed by atoms with van der Waals surface area (Å²) in [6.45, 7) is 4.74. The average molecular weight is 236 g/mol. The molecule has 1 aliphatic heterocycles. The van der Waals surface area contributed by atoms with Gasteiger partial charge in [-0.25, -0.2) is 4.98 Å². The molecule has 17 heavy (non-hydrogen) atoms. The van der Waals surface area contributed by atoms with Crippen LogP contribution in [0.4, 0.5) is 11.5 Å². The predicted molar refractivity (Wildman–Crippen MR) is 68.3 cm³/mol. The van der Waals surface area contributed by atoms with E-state index in [-0.39, 0.29) is 0 Å². The summed E-state index contributed by atoms with van der Waals surface area (Å²) in [5.41, 5.74) is 6.64. The number of nitrogens with two attached hydrogens (primary N) is 1. The molecule has 2 heterocycles. The highest BCUT2D eigenvalue weighted by Crippen LogP contribution is 2.29. The van der Waals surface area contributed by atoms with Crippen molar-refractivity contribution >= 4 is 11.5 Å². The molecule has 0 unspecified atom stereocenters. The standard InChI is InChI=1S/C12H20N4O/c1-2-8-17-12-10(13)11(14-9-15-12)16-6-4-3-5-7-16/h9H,2-8,13H2,1H3. The lowest BCUT2D eigenvalue weighted by atomic mass is 10.1. The zero-order valence-electron chi connectivity index (χ0n) is 10.4. The maximum absolute atomic E-state index is 6.06. The van der Waals surface area contributed by atoms with E-state index in [1.807, 2.05) is 0 Å². The molecule has 5 nitrogen and oxygen atoms in total. The molecular weight excluding hydrogens is 216 g/mol. The summed E-state index contributed by atoms with van der Waals surface area (Å²) in [6, 6.07) is 0. The molecule has 0 aliphatic carbocycles. The number of nitrogen functional groups attached to an aromatic ring is 1. The van der Waals surface area contributed by atoms with Gasteiger partial charge in [0.2, 0.25) is 5.88 Å². The van der Waals surface area contributed by atoms with Gasteiger partial charge in [0, 0.05) is 13.1 Å². The number of ether oxygens (including phenoxy) is 1. The molecule has 5 heteroatoms. The van der Waals surface area contributed by atoms with E-state index in [0.717, 1.165) is 25.3 Å². The largest absolute Gasteiger partial charge is 0.476 e. The Bertz CT molecular complexity index is 364. The van der Waals surface area contributed by atoms with Crippen molar-refractivity contribution in [1.82, 2.24) is 9.97 Å². The van der Waals surface area contributed by atoms with Crippen LogP contribution in [0.25, 0.3) is 0 Å². The molecule has 94 valence electrons. The minimum atomic E-state index is 0.516. The van der Waals surface area contributed by atoms with Crippen LogP contribution in [0.5, 0.6) is 5.88 Å². The fourth-order valence-corrected chi connectivity index (χ4v) is 2.04. The van der Waals surface area contributed by atoms with E-state index in [1.165, 1.54) is 25.6 Å². The Kier molecular flexibility index (Phi) is 4.01. The maximum atomic E-state index is 6.06. The summed E-state index contributed by atoms with van der Waals surface area (Å²) >= 11 is 0. The molecule has 0 aromatic carbocycles. The number of aromatic nitrogens is 2. The van der Waals surface area contributed by atoms with Crippen LogP contribution in [-0.4, -0.2) is 29.7 Å². The van der Waals surface area contributed by atoms with Crippen LogP contribution < -0.4 is 15.4 Å². The average Bonchev–Trinajstić information content (AvgIpc) is 2.39. The molecule has 0 bridgehead atoms. The molecular formula is C12H20N4O. The Morgan fingerprint density at radius 3 is 2.76 bits per heavy atom. The summed E-state index contributed by atoms with van der Waals surface area (Å²) in [6.07, 6.45) is 6.18. The summed E-state index contributed by atoms with van der Waals surface area (Å²) < 4.78 is 5.51. The Morgan fingerprint density at radius 2 is 2.06 bits per heavy atom. The third-order valence-corrected chi connectivity index (χ3v) is 2.92. The minimum Gasteiger partial charge on any atom is -0.476 e. The second kappa shape index (κ2) is 5.70. The van der Waals surface area contributed by atoms with E-state index in [1.54, 1.807) is 0 Å². The van der Waals surface area contributed by atoms with Gasteiger partial charge in [0.15, 0.2) is 5.82 Å². The third-order valence-electron chi connectivity index (χ3n) is 2.92. The molecule has 0 saturated carbocycles. The second-order valence-electron chi connectivity index (χ2n) is 4.31. The lowest BCUT2D eigenvalue weighted by molar-refractivity contribution is 0.306. The number of hydrogen-bond donors (Lipinski definition) is 1. The molecule has 1 saturated heterocycles. The predicted octanol–water partition coefficient (Wildman–Crippen LogP) is 1.84. The smallest absolute Gasteiger partial charge is 0.242 e. The van der Waals surface area contributed by atoms with Gasteiger partial charge in [-0.2, -0.15) is 4.98 Å². The normalized spacial score (nSPS) is 15.9. The first-order chi connectivity index (χ1) is 8.33. The van der Waals surface area contributed by atoms with Gasteiger partial charge in [-0.3, -0.25) is 0 Å². The fraction of sp³-hybridized carbons (Fsp3) is 0.667. The third kappa shape index (κ3) is 2.78. The Balaban J connectivity index is 2.15. The van der Waals surface area contributed by atoms with Crippen LogP contribution in [0.15, 0.2) is 6.33 Å². The lowest BCUT2D eigenvalue weighted by Gasteiger charge is -2.28. The zero-order valence-corrected chi connectivity index (χ0v) is 10.4. The highest BCUT2D eigenvalue weighted by molar-refractivity contribution is 5.67. The number of rotatable bonds is 4. The summed E-state index contributed by atoms with van der Waals surface area (Å²) in [4.78, 5) is 10.6. The molecule has 2 N–H and O–H groups in total. The Morgan fingerprint density at radius 1 is 1.29 bits per heavy atom. The molecule has 0 radical (unpaired) electrons. The van der Waals surface area contributed by atoms with E-state index >= 15 is 0 Å². The van der Waals surface area contributed by atoms with Crippen molar-refractivity contribution in [2.24, 2.45) is 0 Å². The first kappa shape index (κ1) is 12.0. The van der Waals surface area contributed by atoms with Crippen LogP contribution in [-0.2, 0) is 0 Å². The number of hydrogen-bond acceptors (Lipinski definition) is 5. The van der Waals surface area contributed by atoms with Crippen molar-refractivity contribution in [1.29, 1.82) is 0 Å². The fourth-order valence-electron chi connectivity index (χ4n) is 2.04. The SMILES string of the molecule is CCCOc1ncnc(N2CCCCC2)c1N. The second-order valence-corrected chi connectivity index (χ2v) is 4.31. The number of nitrogens with zero attached hydrogens (tertiary/aromatic N) is 3. The van der Waals surface area contributed by atoms with Gasteiger partial charge >= 0.3 is 0 Å². The summed E-state index contributed by atoms with van der Waals surface area (Å²) in [7, 11) is 0. The van der Waals surface area contributed by atoms with Gasteiger partial charge in [0.05, 0.1) is 6.61 Å². The molecule has 0 amide bonds. The molecule has 0 atom stereocenters. The van der Waals surface area contributed by atoms with Crippen LogP contribution in [0.2, 0.25) is 0 Å². The highest BCUT2D eigenvalue weighted by Gasteiger charge is 2.17. The Labute approximate surface area is 102 Å². The molecule has 2 rings (SSSR count). The molecule has 0 spiro atoms. The molecule has 1 fully saturated rings. The number of piperidine rings is 1. The molecule has 1 aromatic rings. The van der Waals surface area contributed by atoms with E-state index in [2.05, 4.69) is 21.8 Å². The van der Waals surface area contributed by atoms with Crippen molar-refractivity contribution in [3.05, 3.63) is 6.33 Å². The zero-order chi connectivity index (χ0) is 12.1. The van der Waals surface area contributed by atoms with Crippen LogP contribution in [0.1, 0.15) is 32.6 Å². The number of anilines is 2.